The van der Waals surface area contributed by atoms with Crippen LogP contribution in [0.3, 0.4) is 0 Å². The Labute approximate surface area is 120 Å². The summed E-state index contributed by atoms with van der Waals surface area (Å²) in [5, 5.41) is 0. The van der Waals surface area contributed by atoms with E-state index >= 15 is 0 Å². The SMILES string of the molecule is Cc1ccccc1CC(=O)N1CC[C@H]2O[C@@H](C)C[C@H]2C1. The molecule has 0 saturated carbocycles. The van der Waals surface area contributed by atoms with Crippen LogP contribution in [0.4, 0.5) is 0 Å². The largest absolute Gasteiger partial charge is 0.375 e. The third-order valence-electron chi connectivity index (χ3n) is 4.66. The Balaban J connectivity index is 1.62. The van der Waals surface area contributed by atoms with E-state index in [4.69, 9.17) is 4.74 Å². The fourth-order valence-corrected chi connectivity index (χ4v) is 3.51. The fraction of sp³-hybridized carbons (Fsp3) is 0.588. The standard InChI is InChI=1S/C17H23NO2/c1-12-5-3-4-6-14(12)10-17(19)18-8-7-16-15(11-18)9-13(2)20-16/h3-6,13,15-16H,7-11H2,1-2H3/t13-,15-,16+/m0/s1. The van der Waals surface area contributed by atoms with Gasteiger partial charge in [0.05, 0.1) is 18.6 Å². The van der Waals surface area contributed by atoms with Gasteiger partial charge in [-0.05, 0) is 37.8 Å². The van der Waals surface area contributed by atoms with E-state index in [9.17, 15) is 4.79 Å². The summed E-state index contributed by atoms with van der Waals surface area (Å²) in [6.45, 7) is 5.93. The molecule has 3 nitrogen and oxygen atoms in total. The fourth-order valence-electron chi connectivity index (χ4n) is 3.51. The third kappa shape index (κ3) is 2.73. The first-order chi connectivity index (χ1) is 9.63. The molecule has 0 spiro atoms. The number of fused-ring (bicyclic) bond motifs is 1. The summed E-state index contributed by atoms with van der Waals surface area (Å²) in [4.78, 5) is 14.5. The van der Waals surface area contributed by atoms with Gasteiger partial charge in [0, 0.05) is 19.0 Å². The zero-order valence-electron chi connectivity index (χ0n) is 12.3. The number of benzene rings is 1. The maximum Gasteiger partial charge on any atom is 0.227 e. The van der Waals surface area contributed by atoms with Gasteiger partial charge in [-0.1, -0.05) is 24.3 Å². The second-order valence-corrected chi connectivity index (χ2v) is 6.21. The molecule has 0 radical (unpaired) electrons. The average molecular weight is 273 g/mol. The van der Waals surface area contributed by atoms with Crippen molar-refractivity contribution in [1.29, 1.82) is 0 Å². The van der Waals surface area contributed by atoms with Gasteiger partial charge in [-0.25, -0.2) is 0 Å². The number of hydrogen-bond donors (Lipinski definition) is 0. The molecule has 3 heteroatoms. The van der Waals surface area contributed by atoms with Crippen LogP contribution in [0.1, 0.15) is 30.9 Å². The van der Waals surface area contributed by atoms with Gasteiger partial charge in [0.2, 0.25) is 5.91 Å². The van der Waals surface area contributed by atoms with E-state index in [0.717, 1.165) is 31.5 Å². The van der Waals surface area contributed by atoms with Crippen LogP contribution >= 0.6 is 0 Å². The predicted molar refractivity (Wildman–Crippen MR) is 78.5 cm³/mol. The maximum absolute atomic E-state index is 12.5. The molecule has 3 atom stereocenters. The van der Waals surface area contributed by atoms with Gasteiger partial charge in [-0.15, -0.1) is 0 Å². The molecule has 0 N–H and O–H groups in total. The zero-order valence-corrected chi connectivity index (χ0v) is 12.3. The second kappa shape index (κ2) is 5.57. The van der Waals surface area contributed by atoms with Gasteiger partial charge in [0.15, 0.2) is 0 Å². The van der Waals surface area contributed by atoms with E-state index in [1.165, 1.54) is 5.56 Å². The van der Waals surface area contributed by atoms with Crippen LogP contribution in [0.25, 0.3) is 0 Å². The first-order valence-electron chi connectivity index (χ1n) is 7.61. The first-order valence-corrected chi connectivity index (χ1v) is 7.61. The van der Waals surface area contributed by atoms with Crippen LogP contribution in [0.2, 0.25) is 0 Å². The molecule has 0 aromatic heterocycles. The molecule has 1 amide bonds. The van der Waals surface area contributed by atoms with Gasteiger partial charge < -0.3 is 9.64 Å². The highest BCUT2D eigenvalue weighted by atomic mass is 16.5. The highest BCUT2D eigenvalue weighted by Gasteiger charge is 2.38. The molecule has 0 bridgehead atoms. The van der Waals surface area contributed by atoms with E-state index in [-0.39, 0.29) is 5.91 Å². The minimum atomic E-state index is 0.261. The van der Waals surface area contributed by atoms with Gasteiger partial charge in [-0.3, -0.25) is 4.79 Å². The molecule has 1 aromatic carbocycles. The number of likely N-dealkylation sites (tertiary alicyclic amines) is 1. The lowest BCUT2D eigenvalue weighted by molar-refractivity contribution is -0.133. The molecule has 0 aliphatic carbocycles. The lowest BCUT2D eigenvalue weighted by atomic mass is 9.92. The summed E-state index contributed by atoms with van der Waals surface area (Å²) in [6, 6.07) is 8.16. The summed E-state index contributed by atoms with van der Waals surface area (Å²) in [7, 11) is 0. The topological polar surface area (TPSA) is 29.5 Å². The van der Waals surface area contributed by atoms with Gasteiger partial charge in [-0.2, -0.15) is 0 Å². The molecule has 1 aromatic rings. The molecule has 20 heavy (non-hydrogen) atoms. The molecule has 2 fully saturated rings. The van der Waals surface area contributed by atoms with Crippen LogP contribution in [0, 0.1) is 12.8 Å². The van der Waals surface area contributed by atoms with Crippen molar-refractivity contribution in [2.75, 3.05) is 13.1 Å². The number of piperidine rings is 1. The maximum atomic E-state index is 12.5. The number of rotatable bonds is 2. The molecular weight excluding hydrogens is 250 g/mol. The Morgan fingerprint density at radius 3 is 3.00 bits per heavy atom. The van der Waals surface area contributed by atoms with Crippen molar-refractivity contribution in [2.24, 2.45) is 5.92 Å². The van der Waals surface area contributed by atoms with Crippen LogP contribution in [0.5, 0.6) is 0 Å². The van der Waals surface area contributed by atoms with E-state index in [2.05, 4.69) is 26.0 Å². The summed E-state index contributed by atoms with van der Waals surface area (Å²) in [5.41, 5.74) is 2.35. The Morgan fingerprint density at radius 1 is 1.40 bits per heavy atom. The van der Waals surface area contributed by atoms with Crippen molar-refractivity contribution in [3.8, 4) is 0 Å². The van der Waals surface area contributed by atoms with E-state index in [0.29, 0.717) is 24.5 Å². The van der Waals surface area contributed by atoms with Crippen molar-refractivity contribution < 1.29 is 9.53 Å². The Kier molecular flexibility index (Phi) is 3.79. The van der Waals surface area contributed by atoms with E-state index in [1.54, 1.807) is 0 Å². The van der Waals surface area contributed by atoms with Gasteiger partial charge in [0.25, 0.3) is 0 Å². The van der Waals surface area contributed by atoms with Crippen LogP contribution in [-0.2, 0) is 16.0 Å². The Hall–Kier alpha value is -1.35. The Morgan fingerprint density at radius 2 is 2.20 bits per heavy atom. The van der Waals surface area contributed by atoms with Crippen molar-refractivity contribution >= 4 is 5.91 Å². The zero-order chi connectivity index (χ0) is 14.1. The number of hydrogen-bond acceptors (Lipinski definition) is 2. The molecular formula is C17H23NO2. The van der Waals surface area contributed by atoms with Crippen molar-refractivity contribution in [3.63, 3.8) is 0 Å². The number of carbonyl (C=O) groups is 1. The van der Waals surface area contributed by atoms with Gasteiger partial charge in [0.1, 0.15) is 0 Å². The van der Waals surface area contributed by atoms with Crippen LogP contribution in [-0.4, -0.2) is 36.1 Å². The molecule has 3 rings (SSSR count). The number of aryl methyl sites for hydroxylation is 1. The van der Waals surface area contributed by atoms with Crippen molar-refractivity contribution in [2.45, 2.75) is 45.3 Å². The lowest BCUT2D eigenvalue weighted by Crippen LogP contribution is -2.45. The molecule has 0 unspecified atom stereocenters. The summed E-state index contributed by atoms with van der Waals surface area (Å²) >= 11 is 0. The normalized spacial score (nSPS) is 29.3. The highest BCUT2D eigenvalue weighted by Crippen LogP contribution is 2.32. The van der Waals surface area contributed by atoms with Crippen molar-refractivity contribution in [1.82, 2.24) is 4.90 Å². The smallest absolute Gasteiger partial charge is 0.227 e. The second-order valence-electron chi connectivity index (χ2n) is 6.21. The van der Waals surface area contributed by atoms with E-state index < -0.39 is 0 Å². The summed E-state index contributed by atoms with van der Waals surface area (Å²) in [6.07, 6.45) is 3.36. The highest BCUT2D eigenvalue weighted by molar-refractivity contribution is 5.79. The van der Waals surface area contributed by atoms with E-state index in [1.807, 2.05) is 17.0 Å². The number of amides is 1. The molecule has 2 aliphatic heterocycles. The third-order valence-corrected chi connectivity index (χ3v) is 4.66. The van der Waals surface area contributed by atoms with Gasteiger partial charge >= 0.3 is 0 Å². The molecule has 2 aliphatic rings. The molecule has 108 valence electrons. The quantitative estimate of drug-likeness (QED) is 0.829. The summed E-state index contributed by atoms with van der Waals surface area (Å²) < 4.78 is 5.89. The molecule has 2 saturated heterocycles. The molecule has 2 heterocycles. The van der Waals surface area contributed by atoms with Crippen LogP contribution < -0.4 is 0 Å². The summed E-state index contributed by atoms with van der Waals surface area (Å²) in [5.74, 6) is 0.803. The monoisotopic (exact) mass is 273 g/mol. The van der Waals surface area contributed by atoms with Crippen molar-refractivity contribution in [3.05, 3.63) is 35.4 Å². The lowest BCUT2D eigenvalue weighted by Gasteiger charge is -2.34. The van der Waals surface area contributed by atoms with Crippen LogP contribution in [0.15, 0.2) is 24.3 Å². The first kappa shape index (κ1) is 13.6. The average Bonchev–Trinajstić information content (AvgIpc) is 2.80. The minimum Gasteiger partial charge on any atom is -0.375 e. The Bertz CT molecular complexity index is 500. The minimum absolute atomic E-state index is 0.261. The number of carbonyl (C=O) groups excluding carboxylic acids is 1. The number of nitrogens with zero attached hydrogens (tertiary/aromatic N) is 1. The predicted octanol–water partition coefficient (Wildman–Crippen LogP) is 2.56. The number of ether oxygens (including phenoxy) is 1.